The number of carbonyl (C=O) groups excluding carboxylic acids is 3. The summed E-state index contributed by atoms with van der Waals surface area (Å²) in [5.74, 6) is -1.18. The summed E-state index contributed by atoms with van der Waals surface area (Å²) in [5.41, 5.74) is 0.478. The van der Waals surface area contributed by atoms with E-state index in [4.69, 9.17) is 4.74 Å². The molecule has 0 aliphatic heterocycles. The number of alkyl carbamates (subject to hydrolysis) is 1. The van der Waals surface area contributed by atoms with Gasteiger partial charge in [-0.15, -0.1) is 0 Å². The molecule has 2 rings (SSSR count). The highest BCUT2D eigenvalue weighted by Gasteiger charge is 2.38. The lowest BCUT2D eigenvalue weighted by Crippen LogP contribution is -2.55. The molecule has 8 nitrogen and oxygen atoms in total. The predicted octanol–water partition coefficient (Wildman–Crippen LogP) is 4.54. The van der Waals surface area contributed by atoms with Crippen LogP contribution in [-0.2, 0) is 20.9 Å². The van der Waals surface area contributed by atoms with Crippen molar-refractivity contribution < 1.29 is 24.2 Å². The van der Waals surface area contributed by atoms with Gasteiger partial charge in [-0.3, -0.25) is 9.59 Å². The minimum atomic E-state index is -1.10. The molecule has 0 saturated carbocycles. The maximum absolute atomic E-state index is 13.9. The van der Waals surface area contributed by atoms with Crippen LogP contribution in [0.25, 0.3) is 0 Å². The Kier molecular flexibility index (Phi) is 10.3. The van der Waals surface area contributed by atoms with E-state index in [-0.39, 0.29) is 24.8 Å². The predicted molar refractivity (Wildman–Crippen MR) is 139 cm³/mol. The fraction of sp³-hybridized carbons (Fsp3) is 0.464. The number of hydrogen-bond donors (Lipinski definition) is 3. The van der Waals surface area contributed by atoms with E-state index < -0.39 is 35.6 Å². The van der Waals surface area contributed by atoms with Crippen LogP contribution in [0.5, 0.6) is 5.75 Å². The van der Waals surface area contributed by atoms with Crippen LogP contribution in [0.3, 0.4) is 0 Å². The van der Waals surface area contributed by atoms with E-state index in [0.29, 0.717) is 12.0 Å². The van der Waals surface area contributed by atoms with Gasteiger partial charge in [0.1, 0.15) is 23.4 Å². The number of para-hydroxylation sites is 1. The van der Waals surface area contributed by atoms with Gasteiger partial charge in [0.15, 0.2) is 0 Å². The largest absolute Gasteiger partial charge is 0.508 e. The van der Waals surface area contributed by atoms with Crippen molar-refractivity contribution in [1.82, 2.24) is 15.5 Å². The number of carbonyl (C=O) groups is 3. The highest BCUT2D eigenvalue weighted by Crippen LogP contribution is 2.30. The van der Waals surface area contributed by atoms with Crippen molar-refractivity contribution in [2.24, 2.45) is 5.92 Å². The summed E-state index contributed by atoms with van der Waals surface area (Å²) in [7, 11) is 0. The summed E-state index contributed by atoms with van der Waals surface area (Å²) in [5, 5.41) is 16.2. The van der Waals surface area contributed by atoms with Gasteiger partial charge in [-0.1, -0.05) is 68.8 Å². The Morgan fingerprint density at radius 3 is 2.17 bits per heavy atom. The minimum Gasteiger partial charge on any atom is -0.508 e. The Labute approximate surface area is 214 Å². The summed E-state index contributed by atoms with van der Waals surface area (Å²) in [6.45, 7) is 11.2. The molecule has 0 bridgehead atoms. The molecule has 0 aliphatic rings. The van der Waals surface area contributed by atoms with Crippen molar-refractivity contribution in [3.05, 3.63) is 65.7 Å². The molecule has 196 valence electrons. The lowest BCUT2D eigenvalue weighted by molar-refractivity contribution is -0.143. The van der Waals surface area contributed by atoms with Crippen molar-refractivity contribution in [1.29, 1.82) is 0 Å². The summed E-state index contributed by atoms with van der Waals surface area (Å²) >= 11 is 0. The van der Waals surface area contributed by atoms with Crippen molar-refractivity contribution >= 4 is 17.9 Å². The molecule has 3 amide bonds. The number of benzene rings is 2. The Bertz CT molecular complexity index is 1020. The third-order valence-electron chi connectivity index (χ3n) is 5.88. The quantitative estimate of drug-likeness (QED) is 0.447. The highest BCUT2D eigenvalue weighted by atomic mass is 16.6. The number of hydrogen-bond acceptors (Lipinski definition) is 5. The molecule has 2 aromatic rings. The molecular weight excluding hydrogens is 458 g/mol. The van der Waals surface area contributed by atoms with Crippen LogP contribution in [0.1, 0.15) is 65.1 Å². The van der Waals surface area contributed by atoms with Crippen molar-refractivity contribution in [2.75, 3.05) is 6.54 Å². The summed E-state index contributed by atoms with van der Waals surface area (Å²) in [6.07, 6.45) is -0.0876. The Balaban J connectivity index is 2.40. The molecule has 36 heavy (non-hydrogen) atoms. The SMILES string of the molecule is CCC(C)C(NC(=O)OC(C)(C)C)C(=O)N(CC)C(C(=O)NCc1ccccc1)c1ccccc1O. The van der Waals surface area contributed by atoms with E-state index in [1.165, 1.54) is 11.0 Å². The van der Waals surface area contributed by atoms with E-state index in [1.54, 1.807) is 45.9 Å². The number of aromatic hydroxyl groups is 1. The first-order valence-electron chi connectivity index (χ1n) is 12.4. The zero-order valence-corrected chi connectivity index (χ0v) is 22.1. The molecule has 8 heteroatoms. The normalized spacial score (nSPS) is 13.7. The second-order valence-electron chi connectivity index (χ2n) is 9.80. The standard InChI is InChI=1S/C28H39N3O5/c1-7-19(3)23(30-27(35)36-28(4,5)6)26(34)31(8-2)24(21-16-12-13-17-22(21)32)25(33)29-18-20-14-10-9-11-15-20/h9-17,19,23-24,32H,7-8,18H2,1-6H3,(H,29,33)(H,30,35). The molecule has 0 spiro atoms. The number of likely N-dealkylation sites (N-methyl/N-ethyl adjacent to an activating group) is 1. The van der Waals surface area contributed by atoms with Gasteiger partial charge in [0.25, 0.3) is 0 Å². The molecule has 0 radical (unpaired) electrons. The van der Waals surface area contributed by atoms with Crippen LogP contribution in [0.4, 0.5) is 4.79 Å². The number of phenolic OH excluding ortho intramolecular Hbond substituents is 1. The van der Waals surface area contributed by atoms with Gasteiger partial charge >= 0.3 is 6.09 Å². The molecule has 0 fully saturated rings. The van der Waals surface area contributed by atoms with Gasteiger partial charge in [-0.2, -0.15) is 0 Å². The Morgan fingerprint density at radius 2 is 1.61 bits per heavy atom. The number of nitrogens with zero attached hydrogens (tertiary/aromatic N) is 1. The van der Waals surface area contributed by atoms with E-state index in [2.05, 4.69) is 10.6 Å². The average molecular weight is 498 g/mol. The third kappa shape index (κ3) is 8.00. The van der Waals surface area contributed by atoms with Crippen LogP contribution in [0, 0.1) is 5.92 Å². The smallest absolute Gasteiger partial charge is 0.408 e. The molecule has 2 aromatic carbocycles. The summed E-state index contributed by atoms with van der Waals surface area (Å²) < 4.78 is 5.39. The fourth-order valence-electron chi connectivity index (χ4n) is 3.81. The Morgan fingerprint density at radius 1 is 1.00 bits per heavy atom. The number of rotatable bonds is 10. The lowest BCUT2D eigenvalue weighted by Gasteiger charge is -2.35. The van der Waals surface area contributed by atoms with Crippen LogP contribution in [0.2, 0.25) is 0 Å². The van der Waals surface area contributed by atoms with Crippen LogP contribution in [-0.4, -0.2) is 46.1 Å². The van der Waals surface area contributed by atoms with Crippen LogP contribution in [0.15, 0.2) is 54.6 Å². The lowest BCUT2D eigenvalue weighted by atomic mass is 9.95. The molecule has 0 heterocycles. The summed E-state index contributed by atoms with van der Waals surface area (Å²) in [4.78, 5) is 41.4. The van der Waals surface area contributed by atoms with Crippen molar-refractivity contribution in [2.45, 2.75) is 72.2 Å². The van der Waals surface area contributed by atoms with E-state index in [1.807, 2.05) is 44.2 Å². The zero-order chi connectivity index (χ0) is 26.9. The molecule has 0 aliphatic carbocycles. The van der Waals surface area contributed by atoms with E-state index in [0.717, 1.165) is 5.56 Å². The van der Waals surface area contributed by atoms with Gasteiger partial charge in [-0.25, -0.2) is 4.79 Å². The Hall–Kier alpha value is -3.55. The molecular formula is C28H39N3O5. The maximum atomic E-state index is 13.9. The minimum absolute atomic E-state index is 0.0937. The fourth-order valence-corrected chi connectivity index (χ4v) is 3.81. The number of amides is 3. The third-order valence-corrected chi connectivity index (χ3v) is 5.88. The monoisotopic (exact) mass is 497 g/mol. The number of phenols is 1. The second kappa shape index (κ2) is 13.0. The molecule has 0 saturated heterocycles. The van der Waals surface area contributed by atoms with Gasteiger partial charge in [0.05, 0.1) is 0 Å². The second-order valence-corrected chi connectivity index (χ2v) is 9.80. The topological polar surface area (TPSA) is 108 Å². The number of nitrogens with one attached hydrogen (secondary N) is 2. The van der Waals surface area contributed by atoms with Crippen molar-refractivity contribution in [3.8, 4) is 5.75 Å². The molecule has 3 unspecified atom stereocenters. The van der Waals surface area contributed by atoms with E-state index in [9.17, 15) is 19.5 Å². The van der Waals surface area contributed by atoms with Gasteiger partial charge < -0.3 is 25.4 Å². The first-order valence-corrected chi connectivity index (χ1v) is 12.4. The molecule has 3 atom stereocenters. The summed E-state index contributed by atoms with van der Waals surface area (Å²) in [6, 6.07) is 13.9. The van der Waals surface area contributed by atoms with E-state index >= 15 is 0 Å². The average Bonchev–Trinajstić information content (AvgIpc) is 2.83. The van der Waals surface area contributed by atoms with Gasteiger partial charge in [-0.05, 0) is 45.2 Å². The van der Waals surface area contributed by atoms with Crippen LogP contribution < -0.4 is 10.6 Å². The first-order chi connectivity index (χ1) is 17.0. The van der Waals surface area contributed by atoms with Crippen molar-refractivity contribution in [3.63, 3.8) is 0 Å². The molecule has 3 N–H and O–H groups in total. The first kappa shape index (κ1) is 28.7. The number of ether oxygens (including phenoxy) is 1. The van der Waals surface area contributed by atoms with Crippen LogP contribution >= 0.6 is 0 Å². The zero-order valence-electron chi connectivity index (χ0n) is 22.1. The van der Waals surface area contributed by atoms with Gasteiger partial charge in [0, 0.05) is 18.7 Å². The molecule has 0 aromatic heterocycles. The maximum Gasteiger partial charge on any atom is 0.408 e. The highest BCUT2D eigenvalue weighted by molar-refractivity contribution is 5.92. The van der Waals surface area contributed by atoms with Gasteiger partial charge in [0.2, 0.25) is 11.8 Å².